The van der Waals surface area contributed by atoms with Crippen molar-refractivity contribution in [1.29, 1.82) is 0 Å². The van der Waals surface area contributed by atoms with Crippen LogP contribution in [0.1, 0.15) is 0 Å². The average Bonchev–Trinajstić information content (AvgIpc) is 2.45. The lowest BCUT2D eigenvalue weighted by atomic mass is 10.1. The van der Waals surface area contributed by atoms with E-state index in [2.05, 4.69) is 9.47 Å². The highest BCUT2D eigenvalue weighted by Gasteiger charge is 2.42. The average molecular weight is 318 g/mol. The summed E-state index contributed by atoms with van der Waals surface area (Å²) in [5.41, 5.74) is 0. The molecule has 10 heteroatoms. The molecule has 0 aliphatic carbocycles. The van der Waals surface area contributed by atoms with Gasteiger partial charge in [0.15, 0.2) is 0 Å². The van der Waals surface area contributed by atoms with Gasteiger partial charge in [-0.05, 0) is 0 Å². The van der Waals surface area contributed by atoms with E-state index in [9.17, 15) is 19.2 Å². The molecule has 0 spiro atoms. The number of ether oxygens (including phenoxy) is 2. The highest BCUT2D eigenvalue weighted by Crippen LogP contribution is 2.17. The number of carbonyl (C=O) groups excluding carboxylic acids is 2. The van der Waals surface area contributed by atoms with Crippen LogP contribution >= 0.6 is 0 Å². The molecule has 1 saturated heterocycles. The number of piperazine rings is 1. The van der Waals surface area contributed by atoms with Crippen molar-refractivity contribution >= 4 is 23.9 Å². The third-order valence-corrected chi connectivity index (χ3v) is 3.32. The van der Waals surface area contributed by atoms with Crippen molar-refractivity contribution in [1.82, 2.24) is 9.80 Å². The Bertz CT molecular complexity index is 424. The first-order valence-corrected chi connectivity index (χ1v) is 6.37. The predicted octanol–water partition coefficient (Wildman–Crippen LogP) is -2.14. The number of esters is 2. The van der Waals surface area contributed by atoms with E-state index >= 15 is 0 Å². The van der Waals surface area contributed by atoms with E-state index in [1.54, 1.807) is 0 Å². The minimum Gasteiger partial charge on any atom is -0.480 e. The van der Waals surface area contributed by atoms with Crippen LogP contribution in [0.3, 0.4) is 0 Å². The minimum absolute atomic E-state index is 0.147. The molecular weight excluding hydrogens is 300 g/mol. The Morgan fingerprint density at radius 2 is 1.18 bits per heavy atom. The molecule has 124 valence electrons. The molecule has 1 heterocycles. The summed E-state index contributed by atoms with van der Waals surface area (Å²) in [6.45, 7) is -1.25. The fourth-order valence-corrected chi connectivity index (χ4v) is 2.35. The summed E-state index contributed by atoms with van der Waals surface area (Å²) < 4.78 is 9.23. The summed E-state index contributed by atoms with van der Waals surface area (Å²) in [6.07, 6.45) is 0. The van der Waals surface area contributed by atoms with Crippen LogP contribution in [0.5, 0.6) is 0 Å². The first-order valence-electron chi connectivity index (χ1n) is 6.37. The zero-order valence-electron chi connectivity index (χ0n) is 12.2. The maximum Gasteiger partial charge on any atom is 0.324 e. The SMILES string of the molecule is COC(=O)[C@H]1CN(CC(=O)O)[C@H](C(=O)OC)CN1CC(=O)O. The van der Waals surface area contributed by atoms with Crippen LogP contribution in [0.2, 0.25) is 0 Å². The third kappa shape index (κ3) is 4.40. The van der Waals surface area contributed by atoms with Crippen LogP contribution in [-0.2, 0) is 28.7 Å². The van der Waals surface area contributed by atoms with E-state index in [4.69, 9.17) is 10.2 Å². The lowest BCUT2D eigenvalue weighted by Gasteiger charge is -2.42. The molecule has 0 saturated carbocycles. The van der Waals surface area contributed by atoms with Crippen molar-refractivity contribution < 1.29 is 38.9 Å². The Labute approximate surface area is 126 Å². The summed E-state index contributed by atoms with van der Waals surface area (Å²) in [5.74, 6) is -3.74. The van der Waals surface area contributed by atoms with Gasteiger partial charge in [-0.3, -0.25) is 29.0 Å². The molecule has 0 amide bonds. The summed E-state index contributed by atoms with van der Waals surface area (Å²) in [6, 6.07) is -1.94. The molecule has 1 aliphatic heterocycles. The normalized spacial score (nSPS) is 22.8. The molecule has 0 bridgehead atoms. The second-order valence-corrected chi connectivity index (χ2v) is 4.72. The van der Waals surface area contributed by atoms with E-state index in [0.29, 0.717) is 0 Å². The van der Waals surface area contributed by atoms with Crippen molar-refractivity contribution in [3.05, 3.63) is 0 Å². The molecule has 2 atom stereocenters. The minimum atomic E-state index is -1.18. The summed E-state index contributed by atoms with van der Waals surface area (Å²) in [5, 5.41) is 17.8. The van der Waals surface area contributed by atoms with Crippen molar-refractivity contribution in [2.75, 3.05) is 40.4 Å². The number of hydrogen-bond donors (Lipinski definition) is 2. The highest BCUT2D eigenvalue weighted by atomic mass is 16.5. The molecule has 0 unspecified atom stereocenters. The van der Waals surface area contributed by atoms with E-state index < -0.39 is 49.1 Å². The molecule has 22 heavy (non-hydrogen) atoms. The number of rotatable bonds is 6. The quantitative estimate of drug-likeness (QED) is 0.522. The van der Waals surface area contributed by atoms with E-state index in [1.165, 1.54) is 9.80 Å². The highest BCUT2D eigenvalue weighted by molar-refractivity contribution is 5.81. The molecule has 1 aliphatic rings. The van der Waals surface area contributed by atoms with E-state index in [0.717, 1.165) is 14.2 Å². The third-order valence-electron chi connectivity index (χ3n) is 3.32. The maximum atomic E-state index is 11.8. The van der Waals surface area contributed by atoms with Gasteiger partial charge >= 0.3 is 23.9 Å². The second-order valence-electron chi connectivity index (χ2n) is 4.72. The molecule has 0 radical (unpaired) electrons. The maximum absolute atomic E-state index is 11.8. The summed E-state index contributed by atoms with van der Waals surface area (Å²) in [7, 11) is 2.30. The molecule has 1 fully saturated rings. The van der Waals surface area contributed by atoms with Crippen LogP contribution in [0.15, 0.2) is 0 Å². The van der Waals surface area contributed by atoms with Gasteiger partial charge < -0.3 is 19.7 Å². The predicted molar refractivity (Wildman–Crippen MR) is 70.0 cm³/mol. The number of methoxy groups -OCH3 is 2. The van der Waals surface area contributed by atoms with Gasteiger partial charge in [0.2, 0.25) is 0 Å². The molecule has 0 aromatic heterocycles. The second kappa shape index (κ2) is 7.71. The van der Waals surface area contributed by atoms with Crippen LogP contribution in [0, 0.1) is 0 Å². The fraction of sp³-hybridized carbons (Fsp3) is 0.667. The lowest BCUT2D eigenvalue weighted by Crippen LogP contribution is -2.64. The van der Waals surface area contributed by atoms with Crippen LogP contribution in [0.4, 0.5) is 0 Å². The van der Waals surface area contributed by atoms with Gasteiger partial charge in [-0.25, -0.2) is 0 Å². The number of hydrogen-bond acceptors (Lipinski definition) is 8. The Balaban J connectivity index is 3.03. The van der Waals surface area contributed by atoms with Gasteiger partial charge in [0.05, 0.1) is 27.3 Å². The molecule has 2 N–H and O–H groups in total. The smallest absolute Gasteiger partial charge is 0.324 e. The first kappa shape index (κ1) is 17.9. The van der Waals surface area contributed by atoms with Gasteiger partial charge in [0, 0.05) is 13.1 Å². The zero-order chi connectivity index (χ0) is 16.9. The van der Waals surface area contributed by atoms with Crippen LogP contribution < -0.4 is 0 Å². The number of carboxylic acid groups (broad SMARTS) is 2. The summed E-state index contributed by atoms with van der Waals surface area (Å²) >= 11 is 0. The molecule has 0 aromatic carbocycles. The van der Waals surface area contributed by atoms with Crippen molar-refractivity contribution in [2.45, 2.75) is 12.1 Å². The Hall–Kier alpha value is -2.20. The fourth-order valence-electron chi connectivity index (χ4n) is 2.35. The van der Waals surface area contributed by atoms with Crippen LogP contribution in [-0.4, -0.2) is 96.4 Å². The van der Waals surface area contributed by atoms with Gasteiger partial charge in [-0.2, -0.15) is 0 Å². The van der Waals surface area contributed by atoms with E-state index in [1.807, 2.05) is 0 Å². The topological polar surface area (TPSA) is 134 Å². The van der Waals surface area contributed by atoms with Crippen molar-refractivity contribution in [3.63, 3.8) is 0 Å². The molecule has 10 nitrogen and oxygen atoms in total. The lowest BCUT2D eigenvalue weighted by molar-refractivity contribution is -0.163. The Morgan fingerprint density at radius 3 is 1.41 bits per heavy atom. The first-order chi connectivity index (χ1) is 10.3. The van der Waals surface area contributed by atoms with Gasteiger partial charge in [-0.15, -0.1) is 0 Å². The standard InChI is InChI=1S/C12H18N2O8/c1-21-11(19)7-3-14(6-10(17)18)8(12(20)22-2)4-13(7)5-9(15)16/h7-8H,3-6H2,1-2H3,(H,15,16)(H,17,18)/t7-,8+. The molecule has 1 rings (SSSR count). The van der Waals surface area contributed by atoms with Gasteiger partial charge in [-0.1, -0.05) is 0 Å². The van der Waals surface area contributed by atoms with Crippen molar-refractivity contribution in [2.24, 2.45) is 0 Å². The number of nitrogens with zero attached hydrogens (tertiary/aromatic N) is 2. The summed E-state index contributed by atoms with van der Waals surface area (Å²) in [4.78, 5) is 47.9. The van der Waals surface area contributed by atoms with E-state index in [-0.39, 0.29) is 13.1 Å². The van der Waals surface area contributed by atoms with Gasteiger partial charge in [0.25, 0.3) is 0 Å². The monoisotopic (exact) mass is 318 g/mol. The van der Waals surface area contributed by atoms with Crippen LogP contribution in [0.25, 0.3) is 0 Å². The van der Waals surface area contributed by atoms with Gasteiger partial charge in [0.1, 0.15) is 12.1 Å². The zero-order valence-corrected chi connectivity index (χ0v) is 12.2. The molecular formula is C12H18N2O8. The molecule has 0 aromatic rings. The number of carbonyl (C=O) groups is 4. The largest absolute Gasteiger partial charge is 0.480 e. The Kier molecular flexibility index (Phi) is 6.25. The number of carboxylic acids is 2. The Morgan fingerprint density at radius 1 is 0.864 bits per heavy atom. The van der Waals surface area contributed by atoms with Crippen molar-refractivity contribution in [3.8, 4) is 0 Å². The number of aliphatic carboxylic acids is 2.